The van der Waals surface area contributed by atoms with Crippen LogP contribution in [-0.2, 0) is 11.3 Å². The number of hydrogen-bond acceptors (Lipinski definition) is 3. The molecular weight excluding hydrogens is 254 g/mol. The Morgan fingerprint density at radius 1 is 1.20 bits per heavy atom. The minimum absolute atomic E-state index is 0.0502. The maximum Gasteiger partial charge on any atom is 0.410 e. The summed E-state index contributed by atoms with van der Waals surface area (Å²) in [6.45, 7) is 0.297. The maximum absolute atomic E-state index is 12.3. The van der Waals surface area contributed by atoms with Gasteiger partial charge in [-0.15, -0.1) is 0 Å². The van der Waals surface area contributed by atoms with Gasteiger partial charge in [0.25, 0.3) is 0 Å². The molecule has 4 heteroatoms. The van der Waals surface area contributed by atoms with Crippen LogP contribution in [0.15, 0.2) is 30.3 Å². The van der Waals surface area contributed by atoms with Crippen LogP contribution in [0.1, 0.15) is 37.7 Å². The summed E-state index contributed by atoms with van der Waals surface area (Å²) in [7, 11) is 0. The molecule has 0 spiro atoms. The van der Waals surface area contributed by atoms with Crippen molar-refractivity contribution in [2.24, 2.45) is 0 Å². The van der Waals surface area contributed by atoms with Gasteiger partial charge in [-0.1, -0.05) is 30.3 Å². The summed E-state index contributed by atoms with van der Waals surface area (Å²) in [5.41, 5.74) is 0.989. The lowest BCUT2D eigenvalue weighted by Gasteiger charge is -2.30. The molecule has 2 aliphatic rings. The Hall–Kier alpha value is -1.55. The van der Waals surface area contributed by atoms with Gasteiger partial charge in [-0.2, -0.15) is 0 Å². The van der Waals surface area contributed by atoms with Gasteiger partial charge in [-0.25, -0.2) is 4.79 Å². The van der Waals surface area contributed by atoms with Crippen LogP contribution < -0.4 is 0 Å². The van der Waals surface area contributed by atoms with Gasteiger partial charge >= 0.3 is 6.09 Å². The number of amides is 1. The highest BCUT2D eigenvalue weighted by molar-refractivity contribution is 5.69. The number of nitrogens with zero attached hydrogens (tertiary/aromatic N) is 1. The van der Waals surface area contributed by atoms with E-state index in [2.05, 4.69) is 0 Å². The summed E-state index contributed by atoms with van der Waals surface area (Å²) in [5.74, 6) is 0. The number of aliphatic hydroxyl groups excluding tert-OH is 1. The maximum atomic E-state index is 12.3. The molecule has 0 aromatic heterocycles. The van der Waals surface area contributed by atoms with Crippen LogP contribution in [0.3, 0.4) is 0 Å². The molecular formula is C16H21NO3. The highest BCUT2D eigenvalue weighted by atomic mass is 16.6. The molecule has 0 heterocycles. The Morgan fingerprint density at radius 3 is 2.55 bits per heavy atom. The molecule has 0 saturated heterocycles. The van der Waals surface area contributed by atoms with Crippen LogP contribution in [0.5, 0.6) is 0 Å². The van der Waals surface area contributed by atoms with Crippen molar-refractivity contribution in [1.29, 1.82) is 0 Å². The summed E-state index contributed by atoms with van der Waals surface area (Å²) >= 11 is 0. The van der Waals surface area contributed by atoms with Crippen molar-refractivity contribution in [2.45, 2.75) is 56.9 Å². The van der Waals surface area contributed by atoms with Crippen molar-refractivity contribution >= 4 is 6.09 Å². The summed E-state index contributed by atoms with van der Waals surface area (Å²) in [6.07, 6.45) is 4.06. The summed E-state index contributed by atoms with van der Waals surface area (Å²) < 4.78 is 5.43. The van der Waals surface area contributed by atoms with Crippen molar-refractivity contribution in [3.63, 3.8) is 0 Å². The molecule has 3 rings (SSSR count). The zero-order chi connectivity index (χ0) is 13.9. The second-order valence-electron chi connectivity index (χ2n) is 5.74. The second-order valence-corrected chi connectivity index (χ2v) is 5.74. The van der Waals surface area contributed by atoms with Gasteiger partial charge in [0.15, 0.2) is 0 Å². The smallest absolute Gasteiger partial charge is 0.410 e. The van der Waals surface area contributed by atoms with Crippen LogP contribution in [-0.4, -0.2) is 34.3 Å². The van der Waals surface area contributed by atoms with Crippen LogP contribution in [0.25, 0.3) is 0 Å². The van der Waals surface area contributed by atoms with Crippen LogP contribution >= 0.6 is 0 Å². The number of ether oxygens (including phenoxy) is 1. The predicted octanol–water partition coefficient (Wildman–Crippen LogP) is 2.70. The van der Waals surface area contributed by atoms with Crippen molar-refractivity contribution in [3.8, 4) is 0 Å². The Kier molecular flexibility index (Phi) is 3.92. The fourth-order valence-corrected chi connectivity index (χ4v) is 2.95. The zero-order valence-electron chi connectivity index (χ0n) is 11.6. The Labute approximate surface area is 119 Å². The van der Waals surface area contributed by atoms with Gasteiger partial charge in [0, 0.05) is 6.04 Å². The minimum atomic E-state index is -0.389. The highest BCUT2D eigenvalue weighted by Crippen LogP contribution is 2.35. The van der Waals surface area contributed by atoms with E-state index in [0.717, 1.165) is 37.7 Å². The average Bonchev–Trinajstić information content (AvgIpc) is 3.21. The topological polar surface area (TPSA) is 49.8 Å². The van der Waals surface area contributed by atoms with Gasteiger partial charge in [0.2, 0.25) is 0 Å². The Morgan fingerprint density at radius 2 is 1.95 bits per heavy atom. The van der Waals surface area contributed by atoms with Crippen LogP contribution in [0, 0.1) is 0 Å². The van der Waals surface area contributed by atoms with Crippen molar-refractivity contribution in [2.75, 3.05) is 0 Å². The molecule has 2 atom stereocenters. The second kappa shape index (κ2) is 5.83. The Bertz CT molecular complexity index is 458. The zero-order valence-corrected chi connectivity index (χ0v) is 11.6. The fraction of sp³-hybridized carbons (Fsp3) is 0.562. The molecule has 1 N–H and O–H groups in total. The Balaban J connectivity index is 1.61. The molecule has 20 heavy (non-hydrogen) atoms. The summed E-state index contributed by atoms with van der Waals surface area (Å²) in [4.78, 5) is 14.1. The van der Waals surface area contributed by atoms with Gasteiger partial charge in [-0.3, -0.25) is 4.90 Å². The third kappa shape index (κ3) is 2.96. The standard InChI is InChI=1S/C16H21NO3/c18-15-8-4-7-14(15)17(13-9-10-13)16(19)20-11-12-5-2-1-3-6-12/h1-3,5-6,13-15,18H,4,7-11H2/t14-,15-/m1/s1. The third-order valence-electron chi connectivity index (χ3n) is 4.16. The molecule has 1 aromatic carbocycles. The van der Waals surface area contributed by atoms with E-state index in [0.29, 0.717) is 6.61 Å². The first kappa shape index (κ1) is 13.4. The van der Waals surface area contributed by atoms with Crippen LogP contribution in [0.2, 0.25) is 0 Å². The van der Waals surface area contributed by atoms with Gasteiger partial charge in [0.1, 0.15) is 6.61 Å². The third-order valence-corrected chi connectivity index (χ3v) is 4.16. The number of carbonyl (C=O) groups excluding carboxylic acids is 1. The SMILES string of the molecule is O=C(OCc1ccccc1)N(C1CC1)[C@@H]1CCC[C@H]1O. The predicted molar refractivity (Wildman–Crippen MR) is 75.1 cm³/mol. The molecule has 1 aromatic rings. The molecule has 1 amide bonds. The highest BCUT2D eigenvalue weighted by Gasteiger charge is 2.42. The number of rotatable bonds is 4. The quantitative estimate of drug-likeness (QED) is 0.919. The summed E-state index contributed by atoms with van der Waals surface area (Å²) in [5, 5.41) is 10.0. The lowest BCUT2D eigenvalue weighted by Crippen LogP contribution is -2.46. The lowest BCUT2D eigenvalue weighted by molar-refractivity contribution is 0.0399. The minimum Gasteiger partial charge on any atom is -0.445 e. The lowest BCUT2D eigenvalue weighted by atomic mass is 10.2. The number of carbonyl (C=O) groups is 1. The molecule has 0 radical (unpaired) electrons. The van der Waals surface area contributed by atoms with E-state index in [1.165, 1.54) is 0 Å². The molecule has 2 saturated carbocycles. The molecule has 2 fully saturated rings. The first-order valence-electron chi connectivity index (χ1n) is 7.43. The van der Waals surface area contributed by atoms with Crippen molar-refractivity contribution in [1.82, 2.24) is 4.90 Å². The number of aliphatic hydroxyl groups is 1. The molecule has 0 aliphatic heterocycles. The molecule has 108 valence electrons. The van der Waals surface area contributed by atoms with Gasteiger partial charge in [-0.05, 0) is 37.7 Å². The first-order chi connectivity index (χ1) is 9.75. The van der Waals surface area contributed by atoms with Crippen molar-refractivity contribution in [3.05, 3.63) is 35.9 Å². The number of benzene rings is 1. The normalized spacial score (nSPS) is 25.4. The summed E-state index contributed by atoms with van der Waals surface area (Å²) in [6, 6.07) is 9.92. The molecule has 2 aliphatic carbocycles. The average molecular weight is 275 g/mol. The van der Waals surface area contributed by atoms with E-state index < -0.39 is 0 Å². The van der Waals surface area contributed by atoms with E-state index in [9.17, 15) is 9.90 Å². The van der Waals surface area contributed by atoms with Crippen LogP contribution in [0.4, 0.5) is 4.79 Å². The van der Waals surface area contributed by atoms with E-state index in [1.807, 2.05) is 30.3 Å². The monoisotopic (exact) mass is 275 g/mol. The number of hydrogen-bond donors (Lipinski definition) is 1. The van der Waals surface area contributed by atoms with Crippen molar-refractivity contribution < 1.29 is 14.6 Å². The van der Waals surface area contributed by atoms with E-state index in [-0.39, 0.29) is 24.3 Å². The van der Waals surface area contributed by atoms with Gasteiger partial charge in [0.05, 0.1) is 12.1 Å². The molecule has 0 unspecified atom stereocenters. The van der Waals surface area contributed by atoms with E-state index in [1.54, 1.807) is 4.90 Å². The molecule has 0 bridgehead atoms. The first-order valence-corrected chi connectivity index (χ1v) is 7.43. The fourth-order valence-electron chi connectivity index (χ4n) is 2.95. The molecule has 4 nitrogen and oxygen atoms in total. The van der Waals surface area contributed by atoms with E-state index >= 15 is 0 Å². The van der Waals surface area contributed by atoms with E-state index in [4.69, 9.17) is 4.74 Å². The van der Waals surface area contributed by atoms with Gasteiger partial charge < -0.3 is 9.84 Å². The largest absolute Gasteiger partial charge is 0.445 e.